The fraction of sp³-hybridized carbons (Fsp3) is 0.381. The number of fused-ring (bicyclic) bond motifs is 2. The van der Waals surface area contributed by atoms with Gasteiger partial charge >= 0.3 is 0 Å². The maximum Gasteiger partial charge on any atom is 0.259 e. The molecule has 0 N–H and O–H groups in total. The SMILES string of the molecule is Cc1noc2nc(C3CC3)cc(C(=O)N3CCN(c4ncnc5sccc45)CC3)c12. The average molecular weight is 420 g/mol. The lowest BCUT2D eigenvalue weighted by atomic mass is 10.1. The molecule has 0 radical (unpaired) electrons. The number of rotatable bonds is 3. The van der Waals surface area contributed by atoms with Crippen molar-refractivity contribution in [3.63, 3.8) is 0 Å². The molecule has 9 heteroatoms. The fourth-order valence-corrected chi connectivity index (χ4v) is 4.92. The van der Waals surface area contributed by atoms with Crippen LogP contribution in [0.2, 0.25) is 0 Å². The van der Waals surface area contributed by atoms with Crippen LogP contribution >= 0.6 is 11.3 Å². The molecule has 0 bridgehead atoms. The molecule has 1 aliphatic carbocycles. The first kappa shape index (κ1) is 17.8. The van der Waals surface area contributed by atoms with Crippen LogP contribution in [-0.4, -0.2) is 57.1 Å². The van der Waals surface area contributed by atoms with E-state index in [4.69, 9.17) is 4.52 Å². The zero-order valence-electron chi connectivity index (χ0n) is 16.5. The van der Waals surface area contributed by atoms with E-state index in [1.807, 2.05) is 23.3 Å². The van der Waals surface area contributed by atoms with E-state index in [0.717, 1.165) is 53.0 Å². The van der Waals surface area contributed by atoms with E-state index < -0.39 is 0 Å². The van der Waals surface area contributed by atoms with Crippen LogP contribution in [-0.2, 0) is 0 Å². The zero-order chi connectivity index (χ0) is 20.2. The van der Waals surface area contributed by atoms with E-state index in [1.54, 1.807) is 17.7 Å². The molecular formula is C21H20N6O2S. The minimum atomic E-state index is 0.0265. The summed E-state index contributed by atoms with van der Waals surface area (Å²) in [5, 5.41) is 7.90. The Kier molecular flexibility index (Phi) is 3.98. The van der Waals surface area contributed by atoms with Gasteiger partial charge in [-0.25, -0.2) is 15.0 Å². The van der Waals surface area contributed by atoms with Gasteiger partial charge in [-0.1, -0.05) is 5.16 Å². The summed E-state index contributed by atoms with van der Waals surface area (Å²) in [6.07, 6.45) is 3.86. The fourth-order valence-electron chi connectivity index (χ4n) is 4.19. The van der Waals surface area contributed by atoms with Crippen LogP contribution < -0.4 is 4.90 Å². The van der Waals surface area contributed by atoms with Crippen LogP contribution in [0, 0.1) is 6.92 Å². The first-order valence-electron chi connectivity index (χ1n) is 10.2. The van der Waals surface area contributed by atoms with E-state index >= 15 is 0 Å². The van der Waals surface area contributed by atoms with Gasteiger partial charge in [0.25, 0.3) is 11.6 Å². The number of amides is 1. The lowest BCUT2D eigenvalue weighted by molar-refractivity contribution is 0.0748. The molecule has 0 unspecified atom stereocenters. The van der Waals surface area contributed by atoms with Gasteiger partial charge in [-0.15, -0.1) is 11.3 Å². The van der Waals surface area contributed by atoms with Crippen LogP contribution in [0.4, 0.5) is 5.82 Å². The van der Waals surface area contributed by atoms with Crippen LogP contribution in [0.15, 0.2) is 28.4 Å². The second-order valence-electron chi connectivity index (χ2n) is 7.93. The number of carbonyl (C=O) groups is 1. The smallest absolute Gasteiger partial charge is 0.259 e. The molecule has 1 saturated carbocycles. The highest BCUT2D eigenvalue weighted by molar-refractivity contribution is 7.16. The highest BCUT2D eigenvalue weighted by Gasteiger charge is 2.31. The van der Waals surface area contributed by atoms with Crippen molar-refractivity contribution < 1.29 is 9.32 Å². The summed E-state index contributed by atoms with van der Waals surface area (Å²) in [7, 11) is 0. The predicted octanol–water partition coefficient (Wildman–Crippen LogP) is 3.38. The van der Waals surface area contributed by atoms with Gasteiger partial charge in [0.15, 0.2) is 0 Å². The Hall–Kier alpha value is -3.07. The first-order chi connectivity index (χ1) is 14.7. The molecule has 8 nitrogen and oxygen atoms in total. The number of anilines is 1. The summed E-state index contributed by atoms with van der Waals surface area (Å²) >= 11 is 1.62. The second-order valence-corrected chi connectivity index (χ2v) is 8.83. The molecule has 2 fully saturated rings. The molecule has 4 aromatic rings. The zero-order valence-corrected chi connectivity index (χ0v) is 17.4. The third-order valence-corrected chi connectivity index (χ3v) is 6.79. The molecule has 30 heavy (non-hydrogen) atoms. The monoisotopic (exact) mass is 420 g/mol. The number of carbonyl (C=O) groups excluding carboxylic acids is 1. The van der Waals surface area contributed by atoms with Gasteiger partial charge in [0.2, 0.25) is 0 Å². The third-order valence-electron chi connectivity index (χ3n) is 5.97. The van der Waals surface area contributed by atoms with E-state index in [2.05, 4.69) is 31.1 Å². The molecule has 1 aliphatic heterocycles. The first-order valence-corrected chi connectivity index (χ1v) is 11.1. The van der Waals surface area contributed by atoms with Gasteiger partial charge in [0.1, 0.15) is 17.0 Å². The Labute approximate surface area is 176 Å². The van der Waals surface area contributed by atoms with Gasteiger partial charge in [0, 0.05) is 37.8 Å². The Morgan fingerprint density at radius 3 is 2.83 bits per heavy atom. The summed E-state index contributed by atoms with van der Waals surface area (Å²) < 4.78 is 5.40. The molecule has 2 aliphatic rings. The number of hydrogen-bond acceptors (Lipinski definition) is 8. The van der Waals surface area contributed by atoms with Crippen molar-refractivity contribution in [3.8, 4) is 0 Å². The maximum atomic E-state index is 13.5. The number of aryl methyl sites for hydroxylation is 1. The van der Waals surface area contributed by atoms with Crippen molar-refractivity contribution in [2.45, 2.75) is 25.7 Å². The lowest BCUT2D eigenvalue weighted by Gasteiger charge is -2.35. The van der Waals surface area contributed by atoms with Crippen molar-refractivity contribution in [1.29, 1.82) is 0 Å². The van der Waals surface area contributed by atoms with Crippen LogP contribution in [0.3, 0.4) is 0 Å². The van der Waals surface area contributed by atoms with Crippen LogP contribution in [0.25, 0.3) is 21.3 Å². The number of pyridine rings is 1. The van der Waals surface area contributed by atoms with E-state index in [9.17, 15) is 4.79 Å². The van der Waals surface area contributed by atoms with E-state index in [0.29, 0.717) is 36.0 Å². The summed E-state index contributed by atoms with van der Waals surface area (Å²) in [5.41, 5.74) is 2.79. The third kappa shape index (κ3) is 2.84. The summed E-state index contributed by atoms with van der Waals surface area (Å²) in [6, 6.07) is 4.02. The summed E-state index contributed by atoms with van der Waals surface area (Å²) in [6.45, 7) is 4.61. The second kappa shape index (κ2) is 6.73. The molecule has 0 atom stereocenters. The van der Waals surface area contributed by atoms with Crippen LogP contribution in [0.1, 0.15) is 40.5 Å². The molecule has 5 heterocycles. The number of hydrogen-bond donors (Lipinski definition) is 0. The van der Waals surface area contributed by atoms with Crippen LogP contribution in [0.5, 0.6) is 0 Å². The van der Waals surface area contributed by atoms with Crippen molar-refractivity contribution in [2.24, 2.45) is 0 Å². The molecular weight excluding hydrogens is 400 g/mol. The standard InChI is InChI=1S/C21H20N6O2S/c1-12-17-15(10-16(13-2-3-13)24-19(17)29-25-12)21(28)27-7-5-26(6-8-27)18-14-4-9-30-20(14)23-11-22-18/h4,9-11,13H,2-3,5-8H2,1H3. The summed E-state index contributed by atoms with van der Waals surface area (Å²) in [5.74, 6) is 1.41. The van der Waals surface area contributed by atoms with E-state index in [-0.39, 0.29) is 5.91 Å². The van der Waals surface area contributed by atoms with Gasteiger partial charge in [-0.3, -0.25) is 4.79 Å². The lowest BCUT2D eigenvalue weighted by Crippen LogP contribution is -2.49. The number of piperazine rings is 1. The minimum Gasteiger partial charge on any atom is -0.352 e. The van der Waals surface area contributed by atoms with Crippen molar-refractivity contribution in [3.05, 3.63) is 40.8 Å². The number of aromatic nitrogens is 4. The highest BCUT2D eigenvalue weighted by atomic mass is 32.1. The quantitative estimate of drug-likeness (QED) is 0.502. The predicted molar refractivity (Wildman–Crippen MR) is 114 cm³/mol. The molecule has 152 valence electrons. The normalized spacial score (nSPS) is 17.2. The maximum absolute atomic E-state index is 13.5. The molecule has 4 aromatic heterocycles. The van der Waals surface area contributed by atoms with Crippen molar-refractivity contribution in [1.82, 2.24) is 25.0 Å². The van der Waals surface area contributed by atoms with Crippen molar-refractivity contribution in [2.75, 3.05) is 31.1 Å². The topological polar surface area (TPSA) is 88.3 Å². The number of thiophene rings is 1. The van der Waals surface area contributed by atoms with E-state index in [1.165, 1.54) is 0 Å². The molecule has 6 rings (SSSR count). The Morgan fingerprint density at radius 1 is 1.20 bits per heavy atom. The van der Waals surface area contributed by atoms with Gasteiger partial charge in [-0.05, 0) is 37.3 Å². The van der Waals surface area contributed by atoms with Crippen molar-refractivity contribution >= 4 is 44.4 Å². The molecule has 1 amide bonds. The van der Waals surface area contributed by atoms with Gasteiger partial charge in [-0.2, -0.15) is 0 Å². The molecule has 1 saturated heterocycles. The Bertz CT molecular complexity index is 1270. The molecule has 0 aromatic carbocycles. The summed E-state index contributed by atoms with van der Waals surface area (Å²) in [4.78, 5) is 32.0. The Balaban J connectivity index is 1.27. The van der Waals surface area contributed by atoms with Gasteiger partial charge in [0.05, 0.1) is 22.0 Å². The van der Waals surface area contributed by atoms with Gasteiger partial charge < -0.3 is 14.3 Å². The molecule has 0 spiro atoms. The minimum absolute atomic E-state index is 0.0265. The largest absolute Gasteiger partial charge is 0.352 e. The highest BCUT2D eigenvalue weighted by Crippen LogP contribution is 2.40. The Morgan fingerprint density at radius 2 is 2.03 bits per heavy atom. The average Bonchev–Trinajstić information content (AvgIpc) is 3.41. The number of nitrogens with zero attached hydrogens (tertiary/aromatic N) is 6.